The second kappa shape index (κ2) is 4.25. The maximum absolute atomic E-state index is 11.3. The number of hydrogen-bond donors (Lipinski definition) is 2. The van der Waals surface area contributed by atoms with E-state index in [0.29, 0.717) is 10.6 Å². The van der Waals surface area contributed by atoms with Crippen LogP contribution in [0.5, 0.6) is 0 Å². The van der Waals surface area contributed by atoms with Crippen LogP contribution in [0.3, 0.4) is 0 Å². The van der Waals surface area contributed by atoms with Gasteiger partial charge in [-0.05, 0) is 12.1 Å². The summed E-state index contributed by atoms with van der Waals surface area (Å²) in [4.78, 5) is 11.3. The molecule has 1 rings (SSSR count). The number of ketones is 1. The first kappa shape index (κ1) is 10.0. The van der Waals surface area contributed by atoms with Gasteiger partial charge in [-0.3, -0.25) is 4.79 Å². The normalized spacial score (nSPS) is 10.0. The lowest BCUT2D eigenvalue weighted by atomic mass is 10.1. The van der Waals surface area contributed by atoms with Crippen LogP contribution in [0.15, 0.2) is 18.2 Å². The summed E-state index contributed by atoms with van der Waals surface area (Å²) in [5, 5.41) is 8.93. The smallest absolute Gasteiger partial charge is 0.167 e. The molecule has 70 valence electrons. The zero-order chi connectivity index (χ0) is 9.84. The van der Waals surface area contributed by atoms with Gasteiger partial charge in [-0.25, -0.2) is 0 Å². The molecule has 3 N–H and O–H groups in total. The Morgan fingerprint density at radius 1 is 1.54 bits per heavy atom. The summed E-state index contributed by atoms with van der Waals surface area (Å²) in [6.07, 6.45) is 0.0740. The molecule has 0 saturated carbocycles. The number of hydrogen-bond acceptors (Lipinski definition) is 3. The van der Waals surface area contributed by atoms with Gasteiger partial charge in [0, 0.05) is 12.0 Å². The van der Waals surface area contributed by atoms with Crippen molar-refractivity contribution in [3.63, 3.8) is 0 Å². The summed E-state index contributed by atoms with van der Waals surface area (Å²) in [5.41, 5.74) is 6.24. The molecule has 0 spiro atoms. The van der Waals surface area contributed by atoms with Crippen LogP contribution in [-0.4, -0.2) is 17.5 Å². The Morgan fingerprint density at radius 3 is 2.85 bits per heavy atom. The highest BCUT2D eigenvalue weighted by Crippen LogP contribution is 2.23. The molecular formula is C9H10ClNO2. The molecule has 1 aromatic carbocycles. The zero-order valence-electron chi connectivity index (χ0n) is 6.96. The number of benzene rings is 1. The van der Waals surface area contributed by atoms with E-state index in [2.05, 4.69) is 0 Å². The number of Topliss-reactive ketones (excluding diaryl/α,β-unsaturated/α-hetero) is 1. The molecule has 13 heavy (non-hydrogen) atoms. The molecule has 0 fully saturated rings. The van der Waals surface area contributed by atoms with Gasteiger partial charge in [0.15, 0.2) is 5.78 Å². The maximum atomic E-state index is 11.3. The lowest BCUT2D eigenvalue weighted by Gasteiger charge is -2.04. The first-order chi connectivity index (χ1) is 6.16. The van der Waals surface area contributed by atoms with Gasteiger partial charge < -0.3 is 10.8 Å². The van der Waals surface area contributed by atoms with Crippen molar-refractivity contribution in [1.29, 1.82) is 0 Å². The van der Waals surface area contributed by atoms with Gasteiger partial charge in [0.2, 0.25) is 0 Å². The number of nitrogens with two attached hydrogens (primary N) is 1. The number of carbonyl (C=O) groups is 1. The van der Waals surface area contributed by atoms with E-state index in [4.69, 9.17) is 22.4 Å². The summed E-state index contributed by atoms with van der Waals surface area (Å²) in [5.74, 6) is -0.192. The number of rotatable bonds is 3. The van der Waals surface area contributed by atoms with E-state index in [9.17, 15) is 4.79 Å². The molecule has 0 amide bonds. The lowest BCUT2D eigenvalue weighted by Crippen LogP contribution is -2.05. The lowest BCUT2D eigenvalue weighted by molar-refractivity contribution is 0.0957. The maximum Gasteiger partial charge on any atom is 0.167 e. The predicted octanol–water partition coefficient (Wildman–Crippen LogP) is 1.49. The Bertz CT molecular complexity index is 325. The molecule has 0 bridgehead atoms. The van der Waals surface area contributed by atoms with Crippen LogP contribution in [0.2, 0.25) is 5.02 Å². The van der Waals surface area contributed by atoms with Crippen LogP contribution in [0.25, 0.3) is 0 Å². The summed E-state index contributed by atoms with van der Waals surface area (Å²) >= 11 is 5.72. The third-order valence-electron chi connectivity index (χ3n) is 1.69. The number of halogens is 1. The molecule has 0 aliphatic heterocycles. The Morgan fingerprint density at radius 2 is 2.23 bits per heavy atom. The number of para-hydroxylation sites is 1. The van der Waals surface area contributed by atoms with Crippen molar-refractivity contribution in [1.82, 2.24) is 0 Å². The summed E-state index contributed by atoms with van der Waals surface area (Å²) in [6, 6.07) is 4.87. The first-order valence-corrected chi connectivity index (χ1v) is 4.22. The first-order valence-electron chi connectivity index (χ1n) is 3.85. The highest BCUT2D eigenvalue weighted by molar-refractivity contribution is 6.34. The minimum atomic E-state index is -0.192. The minimum Gasteiger partial charge on any atom is -0.397 e. The number of aliphatic hydroxyl groups is 1. The number of nitrogen functional groups attached to an aromatic ring is 1. The van der Waals surface area contributed by atoms with Gasteiger partial charge in [0.1, 0.15) is 0 Å². The fourth-order valence-corrected chi connectivity index (χ4v) is 1.19. The van der Waals surface area contributed by atoms with Gasteiger partial charge >= 0.3 is 0 Å². The number of carbonyl (C=O) groups excluding carboxylic acids is 1. The van der Waals surface area contributed by atoms with E-state index >= 15 is 0 Å². The zero-order valence-corrected chi connectivity index (χ0v) is 7.71. The summed E-state index contributed by atoms with van der Waals surface area (Å²) in [7, 11) is 0. The van der Waals surface area contributed by atoms with E-state index in [0.717, 1.165) is 0 Å². The highest BCUT2D eigenvalue weighted by Gasteiger charge is 2.10. The van der Waals surface area contributed by atoms with Crippen molar-refractivity contribution in [2.45, 2.75) is 6.42 Å². The second-order valence-electron chi connectivity index (χ2n) is 2.60. The van der Waals surface area contributed by atoms with Crippen molar-refractivity contribution >= 4 is 23.1 Å². The Labute approximate surface area is 81.1 Å². The largest absolute Gasteiger partial charge is 0.397 e. The number of anilines is 1. The third-order valence-corrected chi connectivity index (χ3v) is 2.02. The van der Waals surface area contributed by atoms with Crippen LogP contribution in [0.1, 0.15) is 16.8 Å². The third kappa shape index (κ3) is 2.20. The van der Waals surface area contributed by atoms with Gasteiger partial charge in [-0.1, -0.05) is 17.7 Å². The average Bonchev–Trinajstić information content (AvgIpc) is 2.10. The van der Waals surface area contributed by atoms with E-state index in [1.54, 1.807) is 18.2 Å². The fourth-order valence-electron chi connectivity index (χ4n) is 1.02. The molecule has 0 aliphatic carbocycles. The van der Waals surface area contributed by atoms with Crippen molar-refractivity contribution in [3.8, 4) is 0 Å². The van der Waals surface area contributed by atoms with Crippen LogP contribution >= 0.6 is 11.6 Å². The predicted molar refractivity (Wildman–Crippen MR) is 51.9 cm³/mol. The van der Waals surface area contributed by atoms with Crippen LogP contribution in [-0.2, 0) is 0 Å². The molecule has 0 unspecified atom stereocenters. The van der Waals surface area contributed by atoms with Crippen LogP contribution in [0, 0.1) is 0 Å². The molecule has 0 aliphatic rings. The van der Waals surface area contributed by atoms with Crippen molar-refractivity contribution < 1.29 is 9.90 Å². The standard InChI is InChI=1S/C9H10ClNO2/c10-7-3-1-2-6(9(7)11)8(13)4-5-12/h1-3,12H,4-5,11H2. The molecule has 0 saturated heterocycles. The Hall–Kier alpha value is -1.06. The summed E-state index contributed by atoms with van der Waals surface area (Å²) < 4.78 is 0. The van der Waals surface area contributed by atoms with E-state index in [-0.39, 0.29) is 24.5 Å². The van der Waals surface area contributed by atoms with Gasteiger partial charge in [-0.2, -0.15) is 0 Å². The van der Waals surface area contributed by atoms with Crippen molar-refractivity contribution in [2.24, 2.45) is 0 Å². The molecule has 0 radical (unpaired) electrons. The van der Waals surface area contributed by atoms with Gasteiger partial charge in [0.05, 0.1) is 17.3 Å². The van der Waals surface area contributed by atoms with Gasteiger partial charge in [0.25, 0.3) is 0 Å². The van der Waals surface area contributed by atoms with E-state index < -0.39 is 0 Å². The molecule has 0 heterocycles. The SMILES string of the molecule is Nc1c(Cl)cccc1C(=O)CCO. The molecule has 0 atom stereocenters. The van der Waals surface area contributed by atoms with Crippen molar-refractivity contribution in [2.75, 3.05) is 12.3 Å². The van der Waals surface area contributed by atoms with Crippen LogP contribution < -0.4 is 5.73 Å². The monoisotopic (exact) mass is 199 g/mol. The molecule has 1 aromatic rings. The molecular weight excluding hydrogens is 190 g/mol. The van der Waals surface area contributed by atoms with E-state index in [1.807, 2.05) is 0 Å². The average molecular weight is 200 g/mol. The van der Waals surface area contributed by atoms with E-state index in [1.165, 1.54) is 0 Å². The molecule has 0 aromatic heterocycles. The topological polar surface area (TPSA) is 63.3 Å². The fraction of sp³-hybridized carbons (Fsp3) is 0.222. The minimum absolute atomic E-state index is 0.0740. The van der Waals surface area contributed by atoms with Crippen molar-refractivity contribution in [3.05, 3.63) is 28.8 Å². The molecule has 3 nitrogen and oxygen atoms in total. The quantitative estimate of drug-likeness (QED) is 0.573. The van der Waals surface area contributed by atoms with Gasteiger partial charge in [-0.15, -0.1) is 0 Å². The molecule has 4 heteroatoms. The van der Waals surface area contributed by atoms with Crippen LogP contribution in [0.4, 0.5) is 5.69 Å². The summed E-state index contributed by atoms with van der Waals surface area (Å²) in [6.45, 7) is -0.176. The Balaban J connectivity index is 3.01. The Kier molecular flexibility index (Phi) is 3.28. The number of aliphatic hydroxyl groups excluding tert-OH is 1. The highest BCUT2D eigenvalue weighted by atomic mass is 35.5. The second-order valence-corrected chi connectivity index (χ2v) is 3.01.